The Balaban J connectivity index is 1.89. The highest BCUT2D eigenvalue weighted by Gasteiger charge is 2.26. The quantitative estimate of drug-likeness (QED) is 0.667. The van der Waals surface area contributed by atoms with E-state index in [1.165, 1.54) is 6.07 Å². The van der Waals surface area contributed by atoms with Crippen LogP contribution in [0.2, 0.25) is 0 Å². The minimum atomic E-state index is -4.24. The fourth-order valence-electron chi connectivity index (χ4n) is 3.25. The van der Waals surface area contributed by atoms with Crippen LogP contribution in [-0.4, -0.2) is 53.9 Å². The molecule has 0 spiro atoms. The maximum absolute atomic E-state index is 12.6. The number of carboxylic acids is 1. The molecule has 10 heteroatoms. The number of hydrogen-bond acceptors (Lipinski definition) is 5. The van der Waals surface area contributed by atoms with Gasteiger partial charge in [-0.2, -0.15) is 8.42 Å². The largest absolute Gasteiger partial charge is 0.477 e. The molecule has 0 unspecified atom stereocenters. The number of benzene rings is 1. The molecule has 2 aromatic rings. The molecular formula is C17H20N4O5S. The Morgan fingerprint density at radius 1 is 1.19 bits per heavy atom. The molecule has 1 aromatic carbocycles. The lowest BCUT2D eigenvalue weighted by Crippen LogP contribution is -2.29. The predicted molar refractivity (Wildman–Crippen MR) is 98.4 cm³/mol. The molecule has 2 heterocycles. The summed E-state index contributed by atoms with van der Waals surface area (Å²) in [5, 5.41) is 14.4. The Bertz CT molecular complexity index is 981. The van der Waals surface area contributed by atoms with Gasteiger partial charge < -0.3 is 15.7 Å². The van der Waals surface area contributed by atoms with Gasteiger partial charge in [0.2, 0.25) is 0 Å². The first-order valence-electron chi connectivity index (χ1n) is 8.30. The molecule has 27 heavy (non-hydrogen) atoms. The minimum absolute atomic E-state index is 0.113. The van der Waals surface area contributed by atoms with Crippen molar-refractivity contribution in [2.24, 2.45) is 16.8 Å². The van der Waals surface area contributed by atoms with Crippen LogP contribution < -0.4 is 10.9 Å². The van der Waals surface area contributed by atoms with Crippen LogP contribution in [0.4, 0.5) is 0 Å². The number of hydrogen-bond donors (Lipinski definition) is 3. The van der Waals surface area contributed by atoms with Gasteiger partial charge in [0.15, 0.2) is 5.69 Å². The predicted octanol–water partition coefficient (Wildman–Crippen LogP) is 0.326. The van der Waals surface area contributed by atoms with E-state index in [1.807, 2.05) is 0 Å². The van der Waals surface area contributed by atoms with Crippen molar-refractivity contribution in [3.05, 3.63) is 47.8 Å². The number of rotatable bonds is 5. The third-order valence-corrected chi connectivity index (χ3v) is 5.53. The van der Waals surface area contributed by atoms with Gasteiger partial charge in [0.1, 0.15) is 0 Å². The van der Waals surface area contributed by atoms with Crippen molar-refractivity contribution < 1.29 is 23.1 Å². The number of amides is 1. The zero-order valence-electron chi connectivity index (χ0n) is 14.4. The van der Waals surface area contributed by atoms with Crippen LogP contribution in [0.15, 0.2) is 36.5 Å². The fraction of sp³-hybridized carbons (Fsp3) is 0.294. The minimum Gasteiger partial charge on any atom is -0.477 e. The van der Waals surface area contributed by atoms with Gasteiger partial charge in [0, 0.05) is 30.4 Å². The topological polar surface area (TPSA) is 149 Å². The second-order valence-electron chi connectivity index (χ2n) is 6.44. The van der Waals surface area contributed by atoms with Gasteiger partial charge in [-0.25, -0.2) is 13.9 Å². The van der Waals surface area contributed by atoms with E-state index in [0.717, 1.165) is 12.6 Å². The normalized spacial score (nSPS) is 17.3. The lowest BCUT2D eigenvalue weighted by atomic mass is 10.0. The zero-order chi connectivity index (χ0) is 19.8. The summed E-state index contributed by atoms with van der Waals surface area (Å²) in [6.45, 7) is 1.82. The molecule has 1 aromatic heterocycles. The molecule has 1 aliphatic heterocycles. The summed E-state index contributed by atoms with van der Waals surface area (Å²) in [7, 11) is -4.24. The summed E-state index contributed by atoms with van der Waals surface area (Å²) in [6, 6.07) is 7.70. The summed E-state index contributed by atoms with van der Waals surface area (Å²) in [5.74, 6) is -1.23. The molecular weight excluding hydrogens is 372 g/mol. The molecule has 0 radical (unpaired) electrons. The van der Waals surface area contributed by atoms with Gasteiger partial charge in [-0.15, -0.1) is 0 Å². The zero-order valence-corrected chi connectivity index (χ0v) is 15.2. The SMILES string of the molecule is NC[C@H]1CCN(C(=O)c2ccc(-c3ccn(S(N)(=O)=O)c3C(=O)O)cc2)C1. The molecule has 144 valence electrons. The molecule has 5 N–H and O–H groups in total. The van der Waals surface area contributed by atoms with Crippen LogP contribution in [-0.2, 0) is 10.2 Å². The monoisotopic (exact) mass is 392 g/mol. The number of aromatic nitrogens is 1. The number of likely N-dealkylation sites (tertiary alicyclic amines) is 1. The lowest BCUT2D eigenvalue weighted by molar-refractivity contribution is 0.0689. The van der Waals surface area contributed by atoms with Crippen molar-refractivity contribution in [2.45, 2.75) is 6.42 Å². The van der Waals surface area contributed by atoms with E-state index in [2.05, 4.69) is 0 Å². The average molecular weight is 392 g/mol. The maximum atomic E-state index is 12.6. The second-order valence-corrected chi connectivity index (χ2v) is 7.87. The molecule has 0 aliphatic carbocycles. The lowest BCUT2D eigenvalue weighted by Gasteiger charge is -2.16. The molecule has 1 amide bonds. The molecule has 9 nitrogen and oxygen atoms in total. The highest BCUT2D eigenvalue weighted by atomic mass is 32.2. The number of carboxylic acid groups (broad SMARTS) is 1. The first-order chi connectivity index (χ1) is 12.7. The number of aromatic carboxylic acids is 1. The van der Waals surface area contributed by atoms with Crippen molar-refractivity contribution in [3.63, 3.8) is 0 Å². The van der Waals surface area contributed by atoms with Crippen LogP contribution >= 0.6 is 0 Å². The Hall–Kier alpha value is -2.69. The number of carbonyl (C=O) groups excluding carboxylic acids is 1. The number of carbonyl (C=O) groups is 2. The molecule has 3 rings (SSSR count). The van der Waals surface area contributed by atoms with E-state index in [9.17, 15) is 23.1 Å². The fourth-order valence-corrected chi connectivity index (χ4v) is 3.91. The van der Waals surface area contributed by atoms with Gasteiger partial charge in [-0.3, -0.25) is 4.79 Å². The molecule has 1 aliphatic rings. The van der Waals surface area contributed by atoms with Gasteiger partial charge in [-0.1, -0.05) is 12.1 Å². The summed E-state index contributed by atoms with van der Waals surface area (Å²) in [5.41, 5.74) is 6.33. The van der Waals surface area contributed by atoms with Crippen molar-refractivity contribution in [2.75, 3.05) is 19.6 Å². The van der Waals surface area contributed by atoms with E-state index >= 15 is 0 Å². The van der Waals surface area contributed by atoms with E-state index in [1.54, 1.807) is 29.2 Å². The van der Waals surface area contributed by atoms with Crippen LogP contribution in [0.3, 0.4) is 0 Å². The van der Waals surface area contributed by atoms with Gasteiger partial charge >= 0.3 is 16.2 Å². The first-order valence-corrected chi connectivity index (χ1v) is 9.80. The van der Waals surface area contributed by atoms with Crippen LogP contribution in [0.5, 0.6) is 0 Å². The Labute approximate surface area is 156 Å². The summed E-state index contributed by atoms with van der Waals surface area (Å²) < 4.78 is 23.6. The van der Waals surface area contributed by atoms with Gasteiger partial charge in [0.25, 0.3) is 5.91 Å². The Kier molecular flexibility index (Phi) is 5.05. The van der Waals surface area contributed by atoms with Crippen LogP contribution in [0.1, 0.15) is 27.3 Å². The Morgan fingerprint density at radius 2 is 1.85 bits per heavy atom. The summed E-state index contributed by atoms with van der Waals surface area (Å²) >= 11 is 0. The standard InChI is InChI=1S/C17H20N4O5S/c18-9-11-5-7-20(10-11)16(22)13-3-1-12(2-4-13)14-6-8-21(27(19,25)26)15(14)17(23)24/h1-4,6,8,11H,5,7,9-10,18H2,(H,23,24)(H2,19,25,26)/t11-/m1/s1. The van der Waals surface area contributed by atoms with Crippen molar-refractivity contribution in [3.8, 4) is 11.1 Å². The van der Waals surface area contributed by atoms with Crippen molar-refractivity contribution in [1.82, 2.24) is 8.87 Å². The Morgan fingerprint density at radius 3 is 2.37 bits per heavy atom. The highest BCUT2D eigenvalue weighted by Crippen LogP contribution is 2.27. The third-order valence-electron chi connectivity index (χ3n) is 4.68. The van der Waals surface area contributed by atoms with Crippen molar-refractivity contribution in [1.29, 1.82) is 0 Å². The summed E-state index contributed by atoms with van der Waals surface area (Å²) in [6.07, 6.45) is 1.97. The molecule has 0 bridgehead atoms. The molecule has 1 saturated heterocycles. The summed E-state index contributed by atoms with van der Waals surface area (Å²) in [4.78, 5) is 25.8. The molecule has 0 saturated carbocycles. The van der Waals surface area contributed by atoms with E-state index in [4.69, 9.17) is 10.9 Å². The third kappa shape index (κ3) is 3.72. The number of nitrogens with two attached hydrogens (primary N) is 2. The second kappa shape index (κ2) is 7.14. The van der Waals surface area contributed by atoms with Gasteiger partial charge in [0.05, 0.1) is 0 Å². The molecule has 1 fully saturated rings. The highest BCUT2D eigenvalue weighted by molar-refractivity contribution is 7.87. The van der Waals surface area contributed by atoms with E-state index in [0.29, 0.717) is 40.7 Å². The molecule has 1 atom stereocenters. The average Bonchev–Trinajstić information content (AvgIpc) is 3.28. The van der Waals surface area contributed by atoms with E-state index < -0.39 is 21.9 Å². The van der Waals surface area contributed by atoms with Crippen LogP contribution in [0.25, 0.3) is 11.1 Å². The van der Waals surface area contributed by atoms with Crippen molar-refractivity contribution >= 4 is 22.1 Å². The van der Waals surface area contributed by atoms with E-state index in [-0.39, 0.29) is 11.5 Å². The smallest absolute Gasteiger partial charge is 0.354 e. The number of nitrogens with zero attached hydrogens (tertiary/aromatic N) is 2. The first kappa shape index (κ1) is 19.1. The van der Waals surface area contributed by atoms with Gasteiger partial charge in [-0.05, 0) is 42.6 Å². The maximum Gasteiger partial charge on any atom is 0.354 e. The van der Waals surface area contributed by atoms with Crippen LogP contribution in [0, 0.1) is 5.92 Å².